The Labute approximate surface area is 158 Å². The molecule has 0 atom stereocenters. The number of aromatic hydroxyl groups is 1. The van der Waals surface area contributed by atoms with Crippen molar-refractivity contribution < 1.29 is 5.11 Å². The van der Waals surface area contributed by atoms with Gasteiger partial charge in [0.05, 0.1) is 0 Å². The molecule has 2 heteroatoms. The number of phenols is 1. The van der Waals surface area contributed by atoms with Crippen LogP contribution in [0.5, 0.6) is 5.75 Å². The highest BCUT2D eigenvalue weighted by atomic mass is 31.1. The third-order valence-electron chi connectivity index (χ3n) is 4.74. The monoisotopic (exact) mass is 362 g/mol. The van der Waals surface area contributed by atoms with E-state index in [1.54, 1.807) is 12.1 Å². The Morgan fingerprint density at radius 2 is 0.846 bits per heavy atom. The predicted molar refractivity (Wildman–Crippen MR) is 115 cm³/mol. The van der Waals surface area contributed by atoms with Crippen LogP contribution < -0.4 is 15.9 Å². The van der Waals surface area contributed by atoms with Crippen LogP contribution in [-0.4, -0.2) is 5.11 Å². The lowest BCUT2D eigenvalue weighted by molar-refractivity contribution is 0.475. The van der Waals surface area contributed by atoms with Crippen LogP contribution in [0.15, 0.2) is 72.8 Å². The van der Waals surface area contributed by atoms with Gasteiger partial charge in [0.2, 0.25) is 0 Å². The Hall–Kier alpha value is -2.11. The highest BCUT2D eigenvalue weighted by Crippen LogP contribution is 2.34. The van der Waals surface area contributed by atoms with Crippen LogP contribution in [0.2, 0.25) is 0 Å². The third-order valence-corrected chi connectivity index (χ3v) is 7.19. The molecule has 0 saturated carbocycles. The number of benzene rings is 3. The summed E-state index contributed by atoms with van der Waals surface area (Å²) >= 11 is 0. The van der Waals surface area contributed by atoms with Crippen molar-refractivity contribution in [2.24, 2.45) is 0 Å². The first-order valence-corrected chi connectivity index (χ1v) is 10.6. The highest BCUT2D eigenvalue weighted by molar-refractivity contribution is 7.79. The third kappa shape index (κ3) is 4.17. The number of rotatable bonds is 5. The number of phenolic OH excluding ortho intramolecular Hbond substituents is 1. The van der Waals surface area contributed by atoms with Crippen LogP contribution in [0.4, 0.5) is 0 Å². The van der Waals surface area contributed by atoms with Crippen molar-refractivity contribution in [2.45, 2.75) is 39.5 Å². The maximum Gasteiger partial charge on any atom is 0.115 e. The van der Waals surface area contributed by atoms with E-state index < -0.39 is 7.92 Å². The molecule has 3 rings (SSSR count). The van der Waals surface area contributed by atoms with Crippen LogP contribution in [0.25, 0.3) is 0 Å². The first-order chi connectivity index (χ1) is 12.5. The summed E-state index contributed by atoms with van der Waals surface area (Å²) in [5.41, 5.74) is 2.73. The molecule has 0 unspecified atom stereocenters. The molecule has 0 fully saturated rings. The Bertz CT molecular complexity index is 779. The van der Waals surface area contributed by atoms with Crippen molar-refractivity contribution in [3.05, 3.63) is 83.9 Å². The molecule has 1 nitrogen and oxygen atoms in total. The molecule has 0 aliphatic rings. The first kappa shape index (κ1) is 18.7. The molecule has 0 bridgehead atoms. The van der Waals surface area contributed by atoms with E-state index in [4.69, 9.17) is 0 Å². The summed E-state index contributed by atoms with van der Waals surface area (Å²) in [6, 6.07) is 25.7. The van der Waals surface area contributed by atoms with Crippen molar-refractivity contribution in [3.63, 3.8) is 0 Å². The van der Waals surface area contributed by atoms with E-state index in [2.05, 4.69) is 76.2 Å². The maximum atomic E-state index is 9.68. The van der Waals surface area contributed by atoms with Gasteiger partial charge in [-0.15, -0.1) is 0 Å². The van der Waals surface area contributed by atoms with Gasteiger partial charge in [0, 0.05) is 0 Å². The zero-order chi connectivity index (χ0) is 18.7. The topological polar surface area (TPSA) is 20.2 Å². The van der Waals surface area contributed by atoms with E-state index in [0.717, 1.165) is 0 Å². The van der Waals surface area contributed by atoms with E-state index in [1.807, 2.05) is 12.1 Å². The summed E-state index contributed by atoms with van der Waals surface area (Å²) in [6.07, 6.45) is 0. The van der Waals surface area contributed by atoms with Crippen molar-refractivity contribution in [1.82, 2.24) is 0 Å². The van der Waals surface area contributed by atoms with E-state index in [0.29, 0.717) is 17.6 Å². The smallest absolute Gasteiger partial charge is 0.115 e. The summed E-state index contributed by atoms with van der Waals surface area (Å²) in [4.78, 5) is 0. The minimum Gasteiger partial charge on any atom is -0.508 e. The van der Waals surface area contributed by atoms with Gasteiger partial charge in [-0.05, 0) is 58.9 Å². The van der Waals surface area contributed by atoms with Gasteiger partial charge >= 0.3 is 0 Å². The number of hydrogen-bond acceptors (Lipinski definition) is 1. The molecule has 0 radical (unpaired) electrons. The first-order valence-electron chi connectivity index (χ1n) is 9.25. The fraction of sp³-hybridized carbons (Fsp3) is 0.250. The lowest BCUT2D eigenvalue weighted by atomic mass is 10.0. The van der Waals surface area contributed by atoms with E-state index in [9.17, 15) is 5.11 Å². The summed E-state index contributed by atoms with van der Waals surface area (Å²) < 4.78 is 0. The van der Waals surface area contributed by atoms with Crippen LogP contribution >= 0.6 is 7.92 Å². The van der Waals surface area contributed by atoms with Gasteiger partial charge < -0.3 is 5.11 Å². The lowest BCUT2D eigenvalue weighted by Crippen LogP contribution is -2.20. The van der Waals surface area contributed by atoms with Gasteiger partial charge in [-0.25, -0.2) is 0 Å². The largest absolute Gasteiger partial charge is 0.508 e. The Morgan fingerprint density at radius 1 is 0.538 bits per heavy atom. The maximum absolute atomic E-state index is 9.68. The molecule has 0 aliphatic carbocycles. The molecule has 0 heterocycles. The predicted octanol–water partition coefficient (Wildman–Crippen LogP) is 5.40. The van der Waals surface area contributed by atoms with Gasteiger partial charge in [0.15, 0.2) is 0 Å². The van der Waals surface area contributed by atoms with Crippen LogP contribution in [0, 0.1) is 0 Å². The Kier molecular flexibility index (Phi) is 5.79. The van der Waals surface area contributed by atoms with Crippen LogP contribution in [0.3, 0.4) is 0 Å². The van der Waals surface area contributed by atoms with Gasteiger partial charge in [-0.1, -0.05) is 88.4 Å². The molecule has 3 aromatic carbocycles. The fourth-order valence-electron chi connectivity index (χ4n) is 3.07. The molecule has 0 aliphatic heterocycles. The summed E-state index contributed by atoms with van der Waals surface area (Å²) in [7, 11) is -0.633. The molecule has 26 heavy (non-hydrogen) atoms. The Morgan fingerprint density at radius 3 is 1.15 bits per heavy atom. The summed E-state index contributed by atoms with van der Waals surface area (Å²) in [5, 5.41) is 13.6. The van der Waals surface area contributed by atoms with Crippen molar-refractivity contribution in [3.8, 4) is 5.75 Å². The van der Waals surface area contributed by atoms with Crippen LogP contribution in [0.1, 0.15) is 50.7 Å². The van der Waals surface area contributed by atoms with Crippen molar-refractivity contribution in [1.29, 1.82) is 0 Å². The second-order valence-electron chi connectivity index (χ2n) is 7.34. The zero-order valence-electron chi connectivity index (χ0n) is 16.0. The molecule has 0 amide bonds. The second-order valence-corrected chi connectivity index (χ2v) is 9.56. The minimum atomic E-state index is -0.633. The van der Waals surface area contributed by atoms with Gasteiger partial charge in [-0.3, -0.25) is 0 Å². The fourth-order valence-corrected chi connectivity index (χ4v) is 5.30. The molecule has 134 valence electrons. The quantitative estimate of drug-likeness (QED) is 0.603. The lowest BCUT2D eigenvalue weighted by Gasteiger charge is -2.21. The minimum absolute atomic E-state index is 0.314. The molecule has 0 spiro atoms. The van der Waals surface area contributed by atoms with Gasteiger partial charge in [0.25, 0.3) is 0 Å². The SMILES string of the molecule is CC(C)c1ccc(P(c2ccc(O)cc2)c2ccc(C(C)C)cc2)cc1. The average Bonchev–Trinajstić information content (AvgIpc) is 2.64. The van der Waals surface area contributed by atoms with E-state index in [1.165, 1.54) is 27.0 Å². The molecule has 1 N–H and O–H groups in total. The number of hydrogen-bond donors (Lipinski definition) is 1. The summed E-state index contributed by atoms with van der Waals surface area (Å²) in [6.45, 7) is 8.90. The average molecular weight is 362 g/mol. The normalized spacial score (nSPS) is 11.5. The zero-order valence-corrected chi connectivity index (χ0v) is 16.9. The van der Waals surface area contributed by atoms with Crippen molar-refractivity contribution >= 4 is 23.8 Å². The molecule has 0 aromatic heterocycles. The molecular weight excluding hydrogens is 335 g/mol. The Balaban J connectivity index is 2.05. The molecular formula is C24H27OP. The molecule has 3 aromatic rings. The van der Waals surface area contributed by atoms with Gasteiger partial charge in [-0.2, -0.15) is 0 Å². The standard InChI is InChI=1S/C24H27OP/c1-17(2)19-5-11-22(12-6-19)26(24-15-9-21(25)10-16-24)23-13-7-20(8-14-23)18(3)4/h5-18,25H,1-4H3. The van der Waals surface area contributed by atoms with Gasteiger partial charge in [0.1, 0.15) is 5.75 Å². The second kappa shape index (κ2) is 8.06. The van der Waals surface area contributed by atoms with E-state index >= 15 is 0 Å². The van der Waals surface area contributed by atoms with Crippen molar-refractivity contribution in [2.75, 3.05) is 0 Å². The highest BCUT2D eigenvalue weighted by Gasteiger charge is 2.17. The van der Waals surface area contributed by atoms with E-state index in [-0.39, 0.29) is 0 Å². The van der Waals surface area contributed by atoms with Crippen LogP contribution in [-0.2, 0) is 0 Å². The summed E-state index contributed by atoms with van der Waals surface area (Å²) in [5.74, 6) is 1.39. The molecule has 0 saturated heterocycles.